The highest BCUT2D eigenvalue weighted by Crippen LogP contribution is 2.49. The first-order valence-corrected chi connectivity index (χ1v) is 8.24. The molecule has 118 valence electrons. The highest BCUT2D eigenvalue weighted by molar-refractivity contribution is 5.77. The van der Waals surface area contributed by atoms with E-state index >= 15 is 0 Å². The summed E-state index contributed by atoms with van der Waals surface area (Å²) in [5.74, 6) is 1.10. The molecule has 2 saturated carbocycles. The maximum Gasteiger partial charge on any atom is 0.317 e. The fraction of sp³-hybridized carbons (Fsp3) is 0.875. The van der Waals surface area contributed by atoms with Crippen LogP contribution in [-0.2, 0) is 4.79 Å². The van der Waals surface area contributed by atoms with Gasteiger partial charge in [0.25, 0.3) is 0 Å². The molecule has 2 amide bonds. The van der Waals surface area contributed by atoms with E-state index in [0.717, 1.165) is 11.8 Å². The van der Waals surface area contributed by atoms with Gasteiger partial charge >= 0.3 is 12.0 Å². The molecule has 2 aliphatic carbocycles. The molecule has 5 heteroatoms. The fourth-order valence-electron chi connectivity index (χ4n) is 4.75. The van der Waals surface area contributed by atoms with Crippen LogP contribution in [0.3, 0.4) is 0 Å². The summed E-state index contributed by atoms with van der Waals surface area (Å²) >= 11 is 0. The molecule has 21 heavy (non-hydrogen) atoms. The quantitative estimate of drug-likeness (QED) is 0.838. The van der Waals surface area contributed by atoms with E-state index in [0.29, 0.717) is 19.0 Å². The van der Waals surface area contributed by atoms with Gasteiger partial charge in [-0.25, -0.2) is 4.79 Å². The van der Waals surface area contributed by atoms with Crippen LogP contribution in [0, 0.1) is 29.6 Å². The number of carbonyl (C=O) groups is 2. The van der Waals surface area contributed by atoms with Gasteiger partial charge in [0.1, 0.15) is 0 Å². The zero-order valence-corrected chi connectivity index (χ0v) is 12.9. The Morgan fingerprint density at radius 3 is 2.52 bits per heavy atom. The minimum absolute atomic E-state index is 0.0334. The standard InChI is InChI=1S/C16H26N2O3/c1-9-7-18(8-14(9)15(19)20)16(21)17-10(2)13-6-11-3-4-12(13)5-11/h9-14H,3-8H2,1-2H3,(H,17,21)(H,19,20). The minimum atomic E-state index is -0.793. The second-order valence-electron chi connectivity index (χ2n) is 7.40. The number of carbonyl (C=O) groups excluding carboxylic acids is 1. The van der Waals surface area contributed by atoms with E-state index in [9.17, 15) is 9.59 Å². The minimum Gasteiger partial charge on any atom is -0.481 e. The second-order valence-corrected chi connectivity index (χ2v) is 7.40. The van der Waals surface area contributed by atoms with Crippen LogP contribution in [0.5, 0.6) is 0 Å². The molecule has 1 heterocycles. The number of fused-ring (bicyclic) bond motifs is 2. The van der Waals surface area contributed by atoms with E-state index in [-0.39, 0.29) is 18.0 Å². The van der Waals surface area contributed by atoms with Crippen molar-refractivity contribution in [3.63, 3.8) is 0 Å². The third-order valence-electron chi connectivity index (χ3n) is 6.00. The van der Waals surface area contributed by atoms with Crippen molar-refractivity contribution in [2.45, 2.75) is 45.6 Å². The third kappa shape index (κ3) is 2.74. The van der Waals surface area contributed by atoms with E-state index in [1.165, 1.54) is 25.7 Å². The van der Waals surface area contributed by atoms with Crippen LogP contribution in [0.25, 0.3) is 0 Å². The van der Waals surface area contributed by atoms with Gasteiger partial charge in [-0.1, -0.05) is 13.3 Å². The van der Waals surface area contributed by atoms with Gasteiger partial charge in [-0.05, 0) is 49.9 Å². The largest absolute Gasteiger partial charge is 0.481 e. The van der Waals surface area contributed by atoms with E-state index in [4.69, 9.17) is 5.11 Å². The second kappa shape index (κ2) is 5.50. The van der Waals surface area contributed by atoms with Gasteiger partial charge in [-0.2, -0.15) is 0 Å². The number of hydrogen-bond acceptors (Lipinski definition) is 2. The Hall–Kier alpha value is -1.26. The summed E-state index contributed by atoms with van der Waals surface area (Å²) < 4.78 is 0. The zero-order valence-electron chi connectivity index (χ0n) is 12.9. The number of carboxylic acids is 1. The monoisotopic (exact) mass is 294 g/mol. The maximum absolute atomic E-state index is 12.4. The van der Waals surface area contributed by atoms with E-state index in [2.05, 4.69) is 12.2 Å². The molecule has 5 nitrogen and oxygen atoms in total. The first kappa shape index (κ1) is 14.7. The lowest BCUT2D eigenvalue weighted by Crippen LogP contribution is -2.46. The van der Waals surface area contributed by atoms with Crippen molar-refractivity contribution in [2.24, 2.45) is 29.6 Å². The number of nitrogens with zero attached hydrogens (tertiary/aromatic N) is 1. The summed E-state index contributed by atoms with van der Waals surface area (Å²) in [6.45, 7) is 4.90. The molecule has 0 aromatic rings. The van der Waals surface area contributed by atoms with Crippen molar-refractivity contribution in [1.29, 1.82) is 0 Å². The first-order valence-electron chi connectivity index (χ1n) is 8.24. The molecule has 0 spiro atoms. The number of hydrogen-bond donors (Lipinski definition) is 2. The summed E-state index contributed by atoms with van der Waals surface area (Å²) in [6, 6.07) is 0.118. The molecule has 2 bridgehead atoms. The molecule has 6 unspecified atom stereocenters. The van der Waals surface area contributed by atoms with Crippen LogP contribution in [-0.4, -0.2) is 41.1 Å². The summed E-state index contributed by atoms with van der Waals surface area (Å²) in [5, 5.41) is 12.3. The summed E-state index contributed by atoms with van der Waals surface area (Å²) in [4.78, 5) is 25.2. The molecule has 0 aromatic carbocycles. The van der Waals surface area contributed by atoms with Crippen molar-refractivity contribution < 1.29 is 14.7 Å². The highest BCUT2D eigenvalue weighted by atomic mass is 16.4. The van der Waals surface area contributed by atoms with Gasteiger partial charge in [0.05, 0.1) is 5.92 Å². The lowest BCUT2D eigenvalue weighted by molar-refractivity contribution is -0.142. The molecule has 0 aromatic heterocycles. The molecular formula is C16H26N2O3. The molecular weight excluding hydrogens is 268 g/mol. The fourth-order valence-corrected chi connectivity index (χ4v) is 4.75. The smallest absolute Gasteiger partial charge is 0.317 e. The van der Waals surface area contributed by atoms with Crippen LogP contribution in [0.1, 0.15) is 39.5 Å². The molecule has 3 fully saturated rings. The van der Waals surface area contributed by atoms with Crippen molar-refractivity contribution >= 4 is 12.0 Å². The van der Waals surface area contributed by atoms with Gasteiger partial charge < -0.3 is 15.3 Å². The van der Waals surface area contributed by atoms with Crippen LogP contribution in [0.4, 0.5) is 4.79 Å². The predicted molar refractivity (Wildman–Crippen MR) is 78.8 cm³/mol. The van der Waals surface area contributed by atoms with Gasteiger partial charge in [0.2, 0.25) is 0 Å². The Morgan fingerprint density at radius 1 is 1.24 bits per heavy atom. The number of likely N-dealkylation sites (tertiary alicyclic amines) is 1. The topological polar surface area (TPSA) is 69.6 Å². The average Bonchev–Trinajstić information content (AvgIpc) is 3.12. The summed E-state index contributed by atoms with van der Waals surface area (Å²) in [7, 11) is 0. The van der Waals surface area contributed by atoms with Crippen molar-refractivity contribution in [2.75, 3.05) is 13.1 Å². The number of rotatable bonds is 3. The van der Waals surface area contributed by atoms with Gasteiger partial charge in [0.15, 0.2) is 0 Å². The van der Waals surface area contributed by atoms with E-state index < -0.39 is 11.9 Å². The van der Waals surface area contributed by atoms with Crippen molar-refractivity contribution in [1.82, 2.24) is 10.2 Å². The first-order chi connectivity index (χ1) is 9.95. The summed E-state index contributed by atoms with van der Waals surface area (Å²) in [6.07, 6.45) is 5.27. The zero-order chi connectivity index (χ0) is 15.1. The molecule has 3 rings (SSSR count). The van der Waals surface area contributed by atoms with E-state index in [1.807, 2.05) is 6.92 Å². The van der Waals surface area contributed by atoms with Gasteiger partial charge in [-0.15, -0.1) is 0 Å². The number of aliphatic carboxylic acids is 1. The number of carboxylic acid groups (broad SMARTS) is 1. The number of amides is 2. The Kier molecular flexibility index (Phi) is 3.84. The molecule has 2 N–H and O–H groups in total. The molecule has 0 radical (unpaired) electrons. The molecule has 1 saturated heterocycles. The number of urea groups is 1. The SMILES string of the molecule is CC1CN(C(=O)NC(C)C2CC3CCC2C3)CC1C(=O)O. The van der Waals surface area contributed by atoms with Crippen molar-refractivity contribution in [3.8, 4) is 0 Å². The Balaban J connectivity index is 1.53. The summed E-state index contributed by atoms with van der Waals surface area (Å²) in [5.41, 5.74) is 0. The molecule has 6 atom stereocenters. The van der Waals surface area contributed by atoms with E-state index in [1.54, 1.807) is 4.90 Å². The van der Waals surface area contributed by atoms with Gasteiger partial charge in [0, 0.05) is 19.1 Å². The number of nitrogens with one attached hydrogen (secondary N) is 1. The molecule has 3 aliphatic rings. The Bertz CT molecular complexity index is 439. The van der Waals surface area contributed by atoms with Gasteiger partial charge in [-0.3, -0.25) is 4.79 Å². The van der Waals surface area contributed by atoms with Crippen LogP contribution >= 0.6 is 0 Å². The van der Waals surface area contributed by atoms with Crippen LogP contribution < -0.4 is 5.32 Å². The highest BCUT2D eigenvalue weighted by Gasteiger charge is 2.43. The normalized spacial score (nSPS) is 39.5. The Morgan fingerprint density at radius 2 is 2.00 bits per heavy atom. The lowest BCUT2D eigenvalue weighted by atomic mass is 9.84. The third-order valence-corrected chi connectivity index (χ3v) is 6.00. The Labute approximate surface area is 126 Å². The average molecular weight is 294 g/mol. The van der Waals surface area contributed by atoms with Crippen LogP contribution in [0.2, 0.25) is 0 Å². The van der Waals surface area contributed by atoms with Crippen molar-refractivity contribution in [3.05, 3.63) is 0 Å². The predicted octanol–water partition coefficient (Wildman–Crippen LogP) is 2.17. The lowest BCUT2D eigenvalue weighted by Gasteiger charge is -2.30. The van der Waals surface area contributed by atoms with Crippen LogP contribution in [0.15, 0.2) is 0 Å². The maximum atomic E-state index is 12.4. The molecule has 1 aliphatic heterocycles.